The van der Waals surface area contributed by atoms with Crippen LogP contribution in [0.1, 0.15) is 35.4 Å². The molecule has 1 aliphatic heterocycles. The second kappa shape index (κ2) is 10.1. The summed E-state index contributed by atoms with van der Waals surface area (Å²) in [5, 5.41) is 12.4. The number of benzene rings is 2. The van der Waals surface area contributed by atoms with Crippen molar-refractivity contribution in [2.75, 3.05) is 22.5 Å². The number of aromatic nitrogens is 2. The van der Waals surface area contributed by atoms with E-state index in [1.807, 2.05) is 47.4 Å². The summed E-state index contributed by atoms with van der Waals surface area (Å²) in [6.45, 7) is 2.69. The molecule has 2 amide bonds. The highest BCUT2D eigenvalue weighted by Gasteiger charge is 2.34. The van der Waals surface area contributed by atoms with Crippen molar-refractivity contribution in [2.24, 2.45) is 0 Å². The number of rotatable bonds is 8. The monoisotopic (exact) mass is 452 g/mol. The second-order valence-electron chi connectivity index (χ2n) is 7.40. The van der Waals surface area contributed by atoms with Gasteiger partial charge in [0.1, 0.15) is 5.01 Å². The van der Waals surface area contributed by atoms with Crippen LogP contribution in [0.5, 0.6) is 0 Å². The Kier molecular flexibility index (Phi) is 6.99. The molecule has 4 rings (SSSR count). The highest BCUT2D eigenvalue weighted by atomic mass is 32.2. The van der Waals surface area contributed by atoms with Crippen LogP contribution in [0.15, 0.2) is 54.6 Å². The molecule has 1 N–H and O–H groups in total. The Labute approximate surface area is 190 Å². The van der Waals surface area contributed by atoms with Crippen LogP contribution in [0.25, 0.3) is 0 Å². The van der Waals surface area contributed by atoms with Gasteiger partial charge in [-0.1, -0.05) is 60.7 Å². The molecule has 1 fully saturated rings. The predicted octanol–water partition coefficient (Wildman–Crippen LogP) is 4.49. The minimum atomic E-state index is -0.0937. The van der Waals surface area contributed by atoms with Gasteiger partial charge in [0, 0.05) is 30.3 Å². The largest absolute Gasteiger partial charge is 0.312 e. The lowest BCUT2D eigenvalue weighted by Crippen LogP contribution is -2.24. The maximum Gasteiger partial charge on any atom is 0.236 e. The molecule has 2 aromatic carbocycles. The molecule has 1 aliphatic rings. The third-order valence-electron chi connectivity index (χ3n) is 5.16. The molecule has 160 valence electrons. The normalized spacial score (nSPS) is 16.0. The van der Waals surface area contributed by atoms with Gasteiger partial charge in [0.25, 0.3) is 0 Å². The standard InChI is InChI=1S/C23H24N4O2S2/c1-2-16-8-10-19(11-9-16)27-13-18(12-21(27)29)22-25-26-23(31-22)24-20(28)15-30-14-17-6-4-3-5-7-17/h3-11,18H,2,12-15H2,1H3,(H,24,26,28)/t18-/m0/s1. The Morgan fingerprint density at radius 1 is 1.13 bits per heavy atom. The van der Waals surface area contributed by atoms with Gasteiger partial charge in [0.2, 0.25) is 16.9 Å². The average Bonchev–Trinajstić information content (AvgIpc) is 3.41. The van der Waals surface area contributed by atoms with Gasteiger partial charge >= 0.3 is 0 Å². The first-order chi connectivity index (χ1) is 15.1. The molecule has 1 saturated heterocycles. The van der Waals surface area contributed by atoms with Gasteiger partial charge in [-0.2, -0.15) is 0 Å². The number of amides is 2. The number of thioether (sulfide) groups is 1. The maximum absolute atomic E-state index is 12.5. The van der Waals surface area contributed by atoms with E-state index < -0.39 is 0 Å². The summed E-state index contributed by atoms with van der Waals surface area (Å²) in [7, 11) is 0. The third kappa shape index (κ3) is 5.51. The lowest BCUT2D eigenvalue weighted by atomic mass is 10.1. The van der Waals surface area contributed by atoms with E-state index in [-0.39, 0.29) is 17.7 Å². The molecule has 0 spiro atoms. The molecule has 0 unspecified atom stereocenters. The van der Waals surface area contributed by atoms with Crippen molar-refractivity contribution in [1.29, 1.82) is 0 Å². The quantitative estimate of drug-likeness (QED) is 0.545. The van der Waals surface area contributed by atoms with Crippen molar-refractivity contribution in [1.82, 2.24) is 10.2 Å². The first-order valence-electron chi connectivity index (χ1n) is 10.3. The number of hydrogen-bond acceptors (Lipinski definition) is 6. The minimum absolute atomic E-state index is 0.00559. The van der Waals surface area contributed by atoms with E-state index in [2.05, 4.69) is 34.6 Å². The second-order valence-corrected chi connectivity index (χ2v) is 9.39. The van der Waals surface area contributed by atoms with Crippen molar-refractivity contribution in [3.63, 3.8) is 0 Å². The molecule has 1 atom stereocenters. The number of carbonyl (C=O) groups excluding carboxylic acids is 2. The van der Waals surface area contributed by atoms with Crippen molar-refractivity contribution in [3.05, 3.63) is 70.7 Å². The molecule has 8 heteroatoms. The summed E-state index contributed by atoms with van der Waals surface area (Å²) in [5.41, 5.74) is 3.36. The van der Waals surface area contributed by atoms with Crippen LogP contribution in [0.3, 0.4) is 0 Å². The van der Waals surface area contributed by atoms with Crippen molar-refractivity contribution in [2.45, 2.75) is 31.4 Å². The van der Waals surface area contributed by atoms with E-state index in [0.717, 1.165) is 22.9 Å². The van der Waals surface area contributed by atoms with Crippen LogP contribution < -0.4 is 10.2 Å². The highest BCUT2D eigenvalue weighted by molar-refractivity contribution is 7.99. The molecular weight excluding hydrogens is 428 g/mol. The van der Waals surface area contributed by atoms with E-state index in [9.17, 15) is 9.59 Å². The average molecular weight is 453 g/mol. The van der Waals surface area contributed by atoms with Gasteiger partial charge in [-0.05, 0) is 29.7 Å². The van der Waals surface area contributed by atoms with Crippen LogP contribution in [0.2, 0.25) is 0 Å². The fraction of sp³-hybridized carbons (Fsp3) is 0.304. The Hall–Kier alpha value is -2.71. The van der Waals surface area contributed by atoms with E-state index in [4.69, 9.17) is 0 Å². The number of anilines is 2. The topological polar surface area (TPSA) is 75.2 Å². The number of aryl methyl sites for hydroxylation is 1. The van der Waals surface area contributed by atoms with Gasteiger partial charge in [-0.15, -0.1) is 22.0 Å². The zero-order valence-electron chi connectivity index (χ0n) is 17.3. The van der Waals surface area contributed by atoms with Crippen LogP contribution in [0.4, 0.5) is 10.8 Å². The first kappa shape index (κ1) is 21.5. The van der Waals surface area contributed by atoms with Gasteiger partial charge in [-0.25, -0.2) is 0 Å². The van der Waals surface area contributed by atoms with Gasteiger partial charge in [-0.3, -0.25) is 14.9 Å². The van der Waals surface area contributed by atoms with Crippen molar-refractivity contribution < 1.29 is 9.59 Å². The number of nitrogens with zero attached hydrogens (tertiary/aromatic N) is 3. The summed E-state index contributed by atoms with van der Waals surface area (Å²) in [5.74, 6) is 1.13. The van der Waals surface area contributed by atoms with E-state index >= 15 is 0 Å². The van der Waals surface area contributed by atoms with E-state index in [1.165, 1.54) is 22.5 Å². The molecule has 31 heavy (non-hydrogen) atoms. The van der Waals surface area contributed by atoms with Crippen molar-refractivity contribution in [3.8, 4) is 0 Å². The van der Waals surface area contributed by atoms with Crippen LogP contribution in [-0.4, -0.2) is 34.3 Å². The summed E-state index contributed by atoms with van der Waals surface area (Å²) in [4.78, 5) is 26.6. The molecule has 3 aromatic rings. The SMILES string of the molecule is CCc1ccc(N2C[C@@H](c3nnc(NC(=O)CSCc4ccccc4)s3)CC2=O)cc1. The fourth-order valence-corrected chi connectivity index (χ4v) is 5.11. The lowest BCUT2D eigenvalue weighted by Gasteiger charge is -2.16. The molecular formula is C23H24N4O2S2. The fourth-order valence-electron chi connectivity index (χ4n) is 3.48. The van der Waals surface area contributed by atoms with Gasteiger partial charge in [0.15, 0.2) is 0 Å². The van der Waals surface area contributed by atoms with Crippen LogP contribution >= 0.6 is 23.1 Å². The van der Waals surface area contributed by atoms with E-state index in [1.54, 1.807) is 11.8 Å². The Morgan fingerprint density at radius 3 is 2.65 bits per heavy atom. The molecule has 2 heterocycles. The first-order valence-corrected chi connectivity index (χ1v) is 12.2. The van der Waals surface area contributed by atoms with Crippen LogP contribution in [-0.2, 0) is 21.8 Å². The molecule has 0 radical (unpaired) electrons. The van der Waals surface area contributed by atoms with Crippen LogP contribution in [0, 0.1) is 0 Å². The summed E-state index contributed by atoms with van der Waals surface area (Å²) < 4.78 is 0. The number of nitrogens with one attached hydrogen (secondary N) is 1. The summed E-state index contributed by atoms with van der Waals surface area (Å²) >= 11 is 2.91. The Morgan fingerprint density at radius 2 is 1.90 bits per heavy atom. The summed E-state index contributed by atoms with van der Waals surface area (Å²) in [6, 6.07) is 18.2. The number of carbonyl (C=O) groups is 2. The molecule has 0 saturated carbocycles. The van der Waals surface area contributed by atoms with Crippen molar-refractivity contribution >= 4 is 45.7 Å². The van der Waals surface area contributed by atoms with Gasteiger partial charge < -0.3 is 4.90 Å². The van der Waals surface area contributed by atoms with Gasteiger partial charge in [0.05, 0.1) is 5.75 Å². The molecule has 6 nitrogen and oxygen atoms in total. The smallest absolute Gasteiger partial charge is 0.236 e. The minimum Gasteiger partial charge on any atom is -0.312 e. The zero-order valence-corrected chi connectivity index (χ0v) is 18.9. The Balaban J connectivity index is 1.30. The molecule has 0 bridgehead atoms. The predicted molar refractivity (Wildman–Crippen MR) is 127 cm³/mol. The third-order valence-corrected chi connectivity index (χ3v) is 7.17. The zero-order chi connectivity index (χ0) is 21.6. The maximum atomic E-state index is 12.5. The lowest BCUT2D eigenvalue weighted by molar-refractivity contribution is -0.117. The Bertz CT molecular complexity index is 1040. The summed E-state index contributed by atoms with van der Waals surface area (Å²) in [6.07, 6.45) is 1.38. The van der Waals surface area contributed by atoms with E-state index in [0.29, 0.717) is 23.8 Å². The molecule has 1 aromatic heterocycles. The highest BCUT2D eigenvalue weighted by Crippen LogP contribution is 2.34. The number of hydrogen-bond donors (Lipinski definition) is 1. The molecule has 0 aliphatic carbocycles.